The largest absolute Gasteiger partial charge is 0.481 e. The van der Waals surface area contributed by atoms with Crippen LogP contribution in [0.4, 0.5) is 13.2 Å². The summed E-state index contributed by atoms with van der Waals surface area (Å²) in [4.78, 5) is 18.6. The van der Waals surface area contributed by atoms with Gasteiger partial charge in [-0.25, -0.2) is 9.97 Å². The summed E-state index contributed by atoms with van der Waals surface area (Å²) >= 11 is 6.84. The molecule has 0 unspecified atom stereocenters. The Kier molecular flexibility index (Phi) is 5.20. The summed E-state index contributed by atoms with van der Waals surface area (Å²) in [5.41, 5.74) is -0.279. The highest BCUT2D eigenvalue weighted by molar-refractivity contribution is 7.99. The van der Waals surface area contributed by atoms with Crippen molar-refractivity contribution in [1.29, 1.82) is 0 Å². The molecule has 0 fully saturated rings. The molecule has 2 heterocycles. The predicted octanol–water partition coefficient (Wildman–Crippen LogP) is 3.88. The standard InChI is InChI=1S/C13H11ClF3N3O2S/c1-7-6-20(3-2-10(21)22)12(19-7)23-11-9(14)4-8(5-18-11)13(15,16)17/h4-6H,2-3H2,1H3,(H,21,22). The second kappa shape index (κ2) is 6.79. The van der Waals surface area contributed by atoms with Gasteiger partial charge >= 0.3 is 12.1 Å². The van der Waals surface area contributed by atoms with Gasteiger partial charge in [0.15, 0.2) is 5.16 Å². The summed E-state index contributed by atoms with van der Waals surface area (Å²) < 4.78 is 39.4. The van der Waals surface area contributed by atoms with Gasteiger partial charge in [0.05, 0.1) is 22.7 Å². The van der Waals surface area contributed by atoms with Gasteiger partial charge in [-0.05, 0) is 24.8 Å². The molecule has 2 aromatic rings. The molecule has 0 aromatic carbocycles. The van der Waals surface area contributed by atoms with E-state index in [1.165, 1.54) is 0 Å². The number of halogens is 4. The first-order valence-corrected chi connectivity index (χ1v) is 7.52. The van der Waals surface area contributed by atoms with Crippen LogP contribution in [0.2, 0.25) is 5.02 Å². The lowest BCUT2D eigenvalue weighted by atomic mass is 10.3. The van der Waals surface area contributed by atoms with E-state index in [1.807, 2.05) is 0 Å². The Morgan fingerprint density at radius 2 is 2.17 bits per heavy atom. The first kappa shape index (κ1) is 17.6. The molecule has 0 aliphatic carbocycles. The number of carbonyl (C=O) groups is 1. The van der Waals surface area contributed by atoms with Crippen LogP contribution in [0.5, 0.6) is 0 Å². The first-order valence-electron chi connectivity index (χ1n) is 6.33. The Hall–Kier alpha value is -1.74. The number of aromatic nitrogens is 3. The number of pyridine rings is 1. The lowest BCUT2D eigenvalue weighted by molar-refractivity contribution is -0.138. The third kappa shape index (κ3) is 4.61. The van der Waals surface area contributed by atoms with Crippen LogP contribution >= 0.6 is 23.4 Å². The fraction of sp³-hybridized carbons (Fsp3) is 0.308. The number of aryl methyl sites for hydroxylation is 2. The molecule has 0 saturated carbocycles. The molecule has 0 aliphatic heterocycles. The summed E-state index contributed by atoms with van der Waals surface area (Å²) in [5.74, 6) is -0.960. The average Bonchev–Trinajstić information content (AvgIpc) is 2.77. The molecule has 5 nitrogen and oxygen atoms in total. The van der Waals surface area contributed by atoms with Crippen LogP contribution in [0, 0.1) is 6.92 Å². The van der Waals surface area contributed by atoms with Crippen molar-refractivity contribution in [3.63, 3.8) is 0 Å². The summed E-state index contributed by atoms with van der Waals surface area (Å²) in [6, 6.07) is 0.800. The van der Waals surface area contributed by atoms with Crippen LogP contribution in [-0.4, -0.2) is 25.6 Å². The third-order valence-corrected chi connectivity index (χ3v) is 4.18. The Morgan fingerprint density at radius 1 is 1.48 bits per heavy atom. The van der Waals surface area contributed by atoms with E-state index in [-0.39, 0.29) is 23.0 Å². The van der Waals surface area contributed by atoms with Gasteiger partial charge in [0, 0.05) is 18.9 Å². The first-order chi connectivity index (χ1) is 10.7. The van der Waals surface area contributed by atoms with Crippen LogP contribution in [0.15, 0.2) is 28.6 Å². The van der Waals surface area contributed by atoms with Gasteiger partial charge in [-0.2, -0.15) is 13.2 Å². The van der Waals surface area contributed by atoms with E-state index in [1.54, 1.807) is 17.7 Å². The second-order valence-electron chi connectivity index (χ2n) is 4.61. The molecular weight excluding hydrogens is 355 g/mol. The molecule has 1 N–H and O–H groups in total. The van der Waals surface area contributed by atoms with E-state index in [0.717, 1.165) is 17.8 Å². The van der Waals surface area contributed by atoms with Gasteiger partial charge in [0.1, 0.15) is 5.03 Å². The highest BCUT2D eigenvalue weighted by atomic mass is 35.5. The van der Waals surface area contributed by atoms with Gasteiger partial charge in [-0.15, -0.1) is 0 Å². The number of hydrogen-bond donors (Lipinski definition) is 1. The SMILES string of the molecule is Cc1cn(CCC(=O)O)c(Sc2ncc(C(F)(F)F)cc2Cl)n1. The van der Waals surface area contributed by atoms with Crippen LogP contribution in [-0.2, 0) is 17.5 Å². The maximum absolute atomic E-state index is 12.6. The van der Waals surface area contributed by atoms with Crippen molar-refractivity contribution < 1.29 is 23.1 Å². The smallest absolute Gasteiger partial charge is 0.417 e. The minimum absolute atomic E-state index is 0.0997. The third-order valence-electron chi connectivity index (χ3n) is 2.75. The molecule has 10 heteroatoms. The van der Waals surface area contributed by atoms with Crippen LogP contribution in [0.3, 0.4) is 0 Å². The van der Waals surface area contributed by atoms with Crippen molar-refractivity contribution in [2.45, 2.75) is 36.2 Å². The lowest BCUT2D eigenvalue weighted by Crippen LogP contribution is -2.06. The molecule has 2 rings (SSSR count). The highest BCUT2D eigenvalue weighted by Crippen LogP contribution is 2.36. The van der Waals surface area contributed by atoms with E-state index < -0.39 is 17.7 Å². The monoisotopic (exact) mass is 365 g/mol. The lowest BCUT2D eigenvalue weighted by Gasteiger charge is -2.09. The van der Waals surface area contributed by atoms with Gasteiger partial charge in [-0.3, -0.25) is 4.79 Å². The number of alkyl halides is 3. The quantitative estimate of drug-likeness (QED) is 0.870. The number of hydrogen-bond acceptors (Lipinski definition) is 4. The van der Waals surface area contributed by atoms with Gasteiger partial charge in [0.25, 0.3) is 0 Å². The number of nitrogens with zero attached hydrogens (tertiary/aromatic N) is 3. The molecule has 0 atom stereocenters. The fourth-order valence-corrected chi connectivity index (χ4v) is 2.89. The molecular formula is C13H11ClF3N3O2S. The summed E-state index contributed by atoms with van der Waals surface area (Å²) in [6.45, 7) is 1.92. The fourth-order valence-electron chi connectivity index (χ4n) is 1.72. The van der Waals surface area contributed by atoms with E-state index >= 15 is 0 Å². The van der Waals surface area contributed by atoms with Crippen molar-refractivity contribution in [3.8, 4) is 0 Å². The Bertz CT molecular complexity index is 734. The second-order valence-corrected chi connectivity index (χ2v) is 5.98. The summed E-state index contributed by atoms with van der Waals surface area (Å²) in [5, 5.41) is 9.17. The van der Waals surface area contributed by atoms with Crippen LogP contribution < -0.4 is 0 Å². The minimum atomic E-state index is -4.52. The molecule has 0 aliphatic rings. The predicted molar refractivity (Wildman–Crippen MR) is 77.6 cm³/mol. The number of carboxylic acids is 1. The topological polar surface area (TPSA) is 68.0 Å². The zero-order chi connectivity index (χ0) is 17.2. The van der Waals surface area contributed by atoms with E-state index in [9.17, 15) is 18.0 Å². The number of imidazole rings is 1. The van der Waals surface area contributed by atoms with Gasteiger partial charge in [0.2, 0.25) is 0 Å². The van der Waals surface area contributed by atoms with Gasteiger partial charge in [-0.1, -0.05) is 11.6 Å². The van der Waals surface area contributed by atoms with Crippen LogP contribution in [0.25, 0.3) is 0 Å². The molecule has 0 bridgehead atoms. The zero-order valence-corrected chi connectivity index (χ0v) is 13.3. The van der Waals surface area contributed by atoms with E-state index in [2.05, 4.69) is 9.97 Å². The molecule has 23 heavy (non-hydrogen) atoms. The molecule has 0 amide bonds. The van der Waals surface area contributed by atoms with Crippen molar-refractivity contribution in [2.75, 3.05) is 0 Å². The van der Waals surface area contributed by atoms with Crippen LogP contribution in [0.1, 0.15) is 17.7 Å². The Morgan fingerprint density at radius 3 is 2.74 bits per heavy atom. The number of aliphatic carboxylic acids is 1. The molecule has 0 saturated heterocycles. The minimum Gasteiger partial charge on any atom is -0.481 e. The number of rotatable bonds is 5. The molecule has 2 aromatic heterocycles. The van der Waals surface area contributed by atoms with Crippen molar-refractivity contribution >= 4 is 29.3 Å². The van der Waals surface area contributed by atoms with Gasteiger partial charge < -0.3 is 9.67 Å². The van der Waals surface area contributed by atoms with E-state index in [0.29, 0.717) is 17.0 Å². The molecule has 0 spiro atoms. The summed E-state index contributed by atoms with van der Waals surface area (Å²) in [7, 11) is 0. The van der Waals surface area contributed by atoms with Crippen molar-refractivity contribution in [2.24, 2.45) is 0 Å². The van der Waals surface area contributed by atoms with Crippen molar-refractivity contribution in [3.05, 3.63) is 34.7 Å². The maximum Gasteiger partial charge on any atom is 0.417 e. The highest BCUT2D eigenvalue weighted by Gasteiger charge is 2.31. The Labute approximate surface area is 138 Å². The maximum atomic E-state index is 12.6. The van der Waals surface area contributed by atoms with E-state index in [4.69, 9.17) is 16.7 Å². The normalized spacial score (nSPS) is 11.7. The molecule has 0 radical (unpaired) electrons. The average molecular weight is 366 g/mol. The van der Waals surface area contributed by atoms with Crippen molar-refractivity contribution in [1.82, 2.24) is 14.5 Å². The molecule has 124 valence electrons. The number of carboxylic acid groups (broad SMARTS) is 1. The zero-order valence-electron chi connectivity index (χ0n) is 11.8. The Balaban J connectivity index is 2.24. The summed E-state index contributed by atoms with van der Waals surface area (Å²) in [6.07, 6.45) is -2.26.